The van der Waals surface area contributed by atoms with Crippen molar-refractivity contribution in [3.05, 3.63) is 28.8 Å². The van der Waals surface area contributed by atoms with E-state index < -0.39 is 0 Å². The minimum absolute atomic E-state index is 0.221. The SMILES string of the molecule is COc1ccc(C(CN)N(C)CC2CCCC2)cc1Cl. The highest BCUT2D eigenvalue weighted by Crippen LogP contribution is 2.31. The first-order chi connectivity index (χ1) is 9.65. The van der Waals surface area contributed by atoms with Gasteiger partial charge in [0.05, 0.1) is 12.1 Å². The summed E-state index contributed by atoms with van der Waals surface area (Å²) in [7, 11) is 3.79. The van der Waals surface area contributed by atoms with Crippen molar-refractivity contribution in [2.24, 2.45) is 11.7 Å². The van der Waals surface area contributed by atoms with Gasteiger partial charge in [-0.3, -0.25) is 4.90 Å². The summed E-state index contributed by atoms with van der Waals surface area (Å²) in [6, 6.07) is 6.18. The molecule has 2 rings (SSSR count). The Balaban J connectivity index is 2.07. The number of nitrogens with two attached hydrogens (primary N) is 1. The number of hydrogen-bond acceptors (Lipinski definition) is 3. The zero-order chi connectivity index (χ0) is 14.5. The van der Waals surface area contributed by atoms with Gasteiger partial charge < -0.3 is 10.5 Å². The molecule has 1 aromatic carbocycles. The highest BCUT2D eigenvalue weighted by Gasteiger charge is 2.22. The van der Waals surface area contributed by atoms with Gasteiger partial charge in [-0.25, -0.2) is 0 Å². The number of ether oxygens (including phenoxy) is 1. The van der Waals surface area contributed by atoms with Crippen molar-refractivity contribution in [3.63, 3.8) is 0 Å². The number of benzene rings is 1. The van der Waals surface area contributed by atoms with Crippen LogP contribution in [0.3, 0.4) is 0 Å². The molecule has 0 spiro atoms. The summed E-state index contributed by atoms with van der Waals surface area (Å²) in [6.45, 7) is 1.72. The molecule has 20 heavy (non-hydrogen) atoms. The Hall–Kier alpha value is -0.770. The molecule has 1 unspecified atom stereocenters. The van der Waals surface area contributed by atoms with Crippen molar-refractivity contribution >= 4 is 11.6 Å². The standard InChI is InChI=1S/C16H25ClN2O/c1-19(11-12-5-3-4-6-12)15(10-18)13-7-8-16(20-2)14(17)9-13/h7-9,12,15H,3-6,10-11,18H2,1-2H3. The van der Waals surface area contributed by atoms with Gasteiger partial charge in [-0.05, 0) is 43.5 Å². The summed E-state index contributed by atoms with van der Waals surface area (Å²) in [6.07, 6.45) is 5.45. The lowest BCUT2D eigenvalue weighted by molar-refractivity contribution is 0.212. The third-order valence-corrected chi connectivity index (χ3v) is 4.63. The van der Waals surface area contributed by atoms with Gasteiger partial charge >= 0.3 is 0 Å². The van der Waals surface area contributed by atoms with Crippen molar-refractivity contribution in [3.8, 4) is 5.75 Å². The second kappa shape index (κ2) is 7.30. The van der Waals surface area contributed by atoms with Gasteiger partial charge in [0.15, 0.2) is 0 Å². The first-order valence-electron chi connectivity index (χ1n) is 7.39. The Morgan fingerprint density at radius 3 is 2.65 bits per heavy atom. The van der Waals surface area contributed by atoms with E-state index in [4.69, 9.17) is 22.1 Å². The van der Waals surface area contributed by atoms with Gasteiger partial charge in [0, 0.05) is 19.1 Å². The molecule has 0 radical (unpaired) electrons. The fourth-order valence-electron chi connectivity index (χ4n) is 3.19. The summed E-state index contributed by atoms with van der Waals surface area (Å²) < 4.78 is 5.20. The minimum atomic E-state index is 0.221. The first kappa shape index (κ1) is 15.6. The van der Waals surface area contributed by atoms with Crippen molar-refractivity contribution in [1.29, 1.82) is 0 Å². The molecule has 1 atom stereocenters. The number of methoxy groups -OCH3 is 1. The predicted molar refractivity (Wildman–Crippen MR) is 84.4 cm³/mol. The van der Waals surface area contributed by atoms with E-state index in [0.717, 1.165) is 12.5 Å². The van der Waals surface area contributed by atoms with Gasteiger partial charge in [-0.2, -0.15) is 0 Å². The Morgan fingerprint density at radius 2 is 2.10 bits per heavy atom. The van der Waals surface area contributed by atoms with Gasteiger partial charge in [0.2, 0.25) is 0 Å². The molecule has 1 aliphatic rings. The normalized spacial score (nSPS) is 17.6. The summed E-state index contributed by atoms with van der Waals surface area (Å²) >= 11 is 6.22. The van der Waals surface area contributed by atoms with Crippen LogP contribution in [-0.4, -0.2) is 32.1 Å². The second-order valence-corrected chi connectivity index (χ2v) is 6.14. The van der Waals surface area contributed by atoms with Crippen molar-refractivity contribution in [2.75, 3.05) is 27.2 Å². The van der Waals surface area contributed by atoms with E-state index in [1.54, 1.807) is 7.11 Å². The van der Waals surface area contributed by atoms with Crippen LogP contribution in [0, 0.1) is 5.92 Å². The molecule has 4 heteroatoms. The molecule has 2 N–H and O–H groups in total. The Bertz CT molecular complexity index is 432. The Kier molecular flexibility index (Phi) is 5.70. The molecule has 0 bridgehead atoms. The van der Waals surface area contributed by atoms with Crippen LogP contribution in [0.2, 0.25) is 5.02 Å². The molecule has 1 fully saturated rings. The molecule has 0 saturated heterocycles. The molecule has 0 aliphatic heterocycles. The van der Waals surface area contributed by atoms with E-state index in [-0.39, 0.29) is 6.04 Å². The van der Waals surface area contributed by atoms with Crippen molar-refractivity contribution < 1.29 is 4.74 Å². The predicted octanol–water partition coefficient (Wildman–Crippen LogP) is 3.47. The van der Waals surface area contributed by atoms with Crippen LogP contribution in [0.4, 0.5) is 0 Å². The lowest BCUT2D eigenvalue weighted by atomic mass is 10.0. The molecule has 0 aromatic heterocycles. The number of rotatable bonds is 6. The van der Waals surface area contributed by atoms with E-state index in [2.05, 4.69) is 18.0 Å². The zero-order valence-corrected chi connectivity index (χ0v) is 13.2. The van der Waals surface area contributed by atoms with Crippen LogP contribution in [-0.2, 0) is 0 Å². The first-order valence-corrected chi connectivity index (χ1v) is 7.77. The molecular formula is C16H25ClN2O. The smallest absolute Gasteiger partial charge is 0.137 e. The van der Waals surface area contributed by atoms with E-state index in [1.807, 2.05) is 12.1 Å². The van der Waals surface area contributed by atoms with E-state index >= 15 is 0 Å². The van der Waals surface area contributed by atoms with Gasteiger partial charge in [-0.1, -0.05) is 30.5 Å². The van der Waals surface area contributed by atoms with Crippen LogP contribution < -0.4 is 10.5 Å². The number of nitrogens with zero attached hydrogens (tertiary/aromatic N) is 1. The highest BCUT2D eigenvalue weighted by molar-refractivity contribution is 6.32. The molecule has 1 saturated carbocycles. The maximum atomic E-state index is 6.22. The molecule has 112 valence electrons. The molecule has 0 amide bonds. The summed E-state index contributed by atoms with van der Waals surface area (Å²) in [5.41, 5.74) is 7.15. The second-order valence-electron chi connectivity index (χ2n) is 5.74. The lowest BCUT2D eigenvalue weighted by Crippen LogP contribution is -2.33. The topological polar surface area (TPSA) is 38.5 Å². The molecule has 3 nitrogen and oxygen atoms in total. The third kappa shape index (κ3) is 3.66. The van der Waals surface area contributed by atoms with E-state index in [9.17, 15) is 0 Å². The van der Waals surface area contributed by atoms with Crippen LogP contribution >= 0.6 is 11.6 Å². The third-order valence-electron chi connectivity index (χ3n) is 4.34. The molecule has 1 aromatic rings. The van der Waals surface area contributed by atoms with E-state index in [1.165, 1.54) is 31.2 Å². The highest BCUT2D eigenvalue weighted by atomic mass is 35.5. The fraction of sp³-hybridized carbons (Fsp3) is 0.625. The average molecular weight is 297 g/mol. The molecule has 0 heterocycles. The summed E-state index contributed by atoms with van der Waals surface area (Å²) in [4.78, 5) is 2.37. The zero-order valence-electron chi connectivity index (χ0n) is 12.4. The van der Waals surface area contributed by atoms with Crippen LogP contribution in [0.15, 0.2) is 18.2 Å². The minimum Gasteiger partial charge on any atom is -0.495 e. The van der Waals surface area contributed by atoms with Crippen LogP contribution in [0.5, 0.6) is 5.75 Å². The fourth-order valence-corrected chi connectivity index (χ4v) is 3.45. The van der Waals surface area contributed by atoms with Gasteiger partial charge in [0.1, 0.15) is 5.75 Å². The number of hydrogen-bond donors (Lipinski definition) is 1. The van der Waals surface area contributed by atoms with Crippen molar-refractivity contribution in [1.82, 2.24) is 4.90 Å². The van der Waals surface area contributed by atoms with Gasteiger partial charge in [-0.15, -0.1) is 0 Å². The maximum absolute atomic E-state index is 6.22. The van der Waals surface area contributed by atoms with E-state index in [0.29, 0.717) is 17.3 Å². The van der Waals surface area contributed by atoms with Gasteiger partial charge in [0.25, 0.3) is 0 Å². The Morgan fingerprint density at radius 1 is 1.40 bits per heavy atom. The molecular weight excluding hydrogens is 272 g/mol. The maximum Gasteiger partial charge on any atom is 0.137 e. The lowest BCUT2D eigenvalue weighted by Gasteiger charge is -2.30. The number of halogens is 1. The van der Waals surface area contributed by atoms with Crippen LogP contribution in [0.25, 0.3) is 0 Å². The Labute approximate surface area is 127 Å². The summed E-state index contributed by atoms with van der Waals surface area (Å²) in [5, 5.41) is 0.651. The summed E-state index contributed by atoms with van der Waals surface area (Å²) in [5.74, 6) is 1.53. The largest absolute Gasteiger partial charge is 0.495 e. The quantitative estimate of drug-likeness (QED) is 0.873. The van der Waals surface area contributed by atoms with Crippen molar-refractivity contribution in [2.45, 2.75) is 31.7 Å². The monoisotopic (exact) mass is 296 g/mol. The average Bonchev–Trinajstić information content (AvgIpc) is 2.92. The van der Waals surface area contributed by atoms with Crippen LogP contribution in [0.1, 0.15) is 37.3 Å². The molecule has 1 aliphatic carbocycles. The number of likely N-dealkylation sites (N-methyl/N-ethyl adjacent to an activating group) is 1.